The number of anilines is 3. The Kier molecular flexibility index (Phi) is 12.4. The van der Waals surface area contributed by atoms with Crippen LogP contribution in [0.1, 0.15) is 73.1 Å². The molecule has 4 aliphatic rings. The molecule has 0 aliphatic heterocycles. The van der Waals surface area contributed by atoms with Crippen molar-refractivity contribution in [2.24, 2.45) is 35.5 Å². The molecule has 6 N–H and O–H groups in total. The average molecular weight is 834 g/mol. The molecule has 58 heavy (non-hydrogen) atoms. The maximum absolute atomic E-state index is 13.6. The quantitative estimate of drug-likeness (QED) is 0.0511. The number of rotatable bonds is 13. The summed E-state index contributed by atoms with van der Waals surface area (Å²) in [5, 5.41) is 25.3. The van der Waals surface area contributed by atoms with Crippen LogP contribution in [0.15, 0.2) is 84.9 Å². The summed E-state index contributed by atoms with van der Waals surface area (Å²) in [5.41, 5.74) is 8.52. The van der Waals surface area contributed by atoms with Crippen molar-refractivity contribution < 1.29 is 23.3 Å². The summed E-state index contributed by atoms with van der Waals surface area (Å²) < 4.78 is 27.0. The van der Waals surface area contributed by atoms with Crippen LogP contribution in [0.25, 0.3) is 0 Å². The number of amides is 2. The first-order valence-electron chi connectivity index (χ1n) is 20.0. The van der Waals surface area contributed by atoms with Gasteiger partial charge in [0.2, 0.25) is 0 Å². The van der Waals surface area contributed by atoms with Gasteiger partial charge in [-0.15, -0.1) is 0 Å². The second-order valence-corrected chi connectivity index (χ2v) is 16.9. The molecule has 6 unspecified atom stereocenters. The van der Waals surface area contributed by atoms with Crippen LogP contribution < -0.4 is 27.0 Å². The minimum Gasteiger partial charge on any atom is -0.397 e. The van der Waals surface area contributed by atoms with Gasteiger partial charge in [0.15, 0.2) is 0 Å². The van der Waals surface area contributed by atoms with Crippen molar-refractivity contribution in [3.63, 3.8) is 0 Å². The third-order valence-electron chi connectivity index (χ3n) is 12.6. The van der Waals surface area contributed by atoms with Crippen LogP contribution in [0.4, 0.5) is 31.5 Å². The van der Waals surface area contributed by atoms with E-state index in [1.54, 1.807) is 54.6 Å². The number of hydrogen-bond donors (Lipinski definition) is 5. The fraction of sp³-hybridized carbons (Fsp3) is 0.409. The molecule has 4 aromatic rings. The molecule has 4 fully saturated rings. The summed E-state index contributed by atoms with van der Waals surface area (Å²) in [4.78, 5) is 35.8. The number of nitrogens with one attached hydrogen (secondary N) is 4. The highest BCUT2D eigenvalue weighted by Gasteiger charge is 2.59. The van der Waals surface area contributed by atoms with Crippen LogP contribution in [-0.4, -0.2) is 40.9 Å². The third kappa shape index (κ3) is 9.34. The predicted molar refractivity (Wildman–Crippen MR) is 224 cm³/mol. The molecule has 0 saturated heterocycles. The van der Waals surface area contributed by atoms with Gasteiger partial charge in [0.05, 0.1) is 16.3 Å². The number of nitrogens with two attached hydrogens (primary N) is 1. The average Bonchev–Trinajstić information content (AvgIpc) is 3.91. The minimum absolute atomic E-state index is 0.0456. The number of nitrogens with zero attached hydrogens (tertiary/aromatic N) is 1. The maximum atomic E-state index is 13.6. The van der Waals surface area contributed by atoms with Gasteiger partial charge in [-0.1, -0.05) is 37.0 Å². The van der Waals surface area contributed by atoms with E-state index in [-0.39, 0.29) is 47.1 Å². The van der Waals surface area contributed by atoms with E-state index in [4.69, 9.17) is 28.9 Å². The summed E-state index contributed by atoms with van der Waals surface area (Å²) in [6.45, 7) is 4.18. The fourth-order valence-corrected chi connectivity index (χ4v) is 9.99. The summed E-state index contributed by atoms with van der Waals surface area (Å²) in [5.74, 6) is 2.12. The summed E-state index contributed by atoms with van der Waals surface area (Å²) in [7, 11) is 0. The Labute approximate surface area is 346 Å². The summed E-state index contributed by atoms with van der Waals surface area (Å²) >= 11 is 11.8. The predicted octanol–water partition coefficient (Wildman–Crippen LogP) is 9.74. The van der Waals surface area contributed by atoms with E-state index in [1.807, 2.05) is 0 Å². The number of halogens is 4. The number of fused-ring (bicyclic) bond motifs is 2. The van der Waals surface area contributed by atoms with Crippen LogP contribution in [0.3, 0.4) is 0 Å². The van der Waals surface area contributed by atoms with Gasteiger partial charge in [-0.2, -0.15) is 0 Å². The van der Waals surface area contributed by atoms with E-state index < -0.39 is 10.7 Å². The third-order valence-corrected chi connectivity index (χ3v) is 13.1. The highest BCUT2D eigenvalue weighted by atomic mass is 35.5. The largest absolute Gasteiger partial charge is 0.397 e. The van der Waals surface area contributed by atoms with Gasteiger partial charge in [-0.3, -0.25) is 19.7 Å². The second-order valence-electron chi connectivity index (χ2n) is 16.1. The van der Waals surface area contributed by atoms with Crippen LogP contribution in [0, 0.1) is 57.3 Å². The van der Waals surface area contributed by atoms with Gasteiger partial charge in [0.25, 0.3) is 17.5 Å². The number of benzene rings is 4. The van der Waals surface area contributed by atoms with Gasteiger partial charge in [-0.05, 0) is 147 Å². The van der Waals surface area contributed by atoms with E-state index in [1.165, 1.54) is 24.3 Å². The van der Waals surface area contributed by atoms with Gasteiger partial charge < -0.3 is 27.0 Å². The highest BCUT2D eigenvalue weighted by molar-refractivity contribution is 6.31. The van der Waals surface area contributed by atoms with Gasteiger partial charge >= 0.3 is 0 Å². The SMILES string of the molecule is CCC(NC(=O)c1ccc(Cl)cc1)C1[C@H]2CC(Nc3cc(F)ccc3N)C[C@@H]12.CCC(NC(=O)c1ccc(Cl)cc1)C1[C@H]2CC(Nc3cc(F)ccc3[N+](=O)[O-])C[C@@H]12. The molecule has 8 rings (SSSR count). The molecule has 2 amide bonds. The highest BCUT2D eigenvalue weighted by Crippen LogP contribution is 2.61. The topological polar surface area (TPSA) is 151 Å². The van der Waals surface area contributed by atoms with Gasteiger partial charge in [0.1, 0.15) is 17.3 Å². The van der Waals surface area contributed by atoms with E-state index in [0.717, 1.165) is 44.6 Å². The lowest BCUT2D eigenvalue weighted by atomic mass is 9.98. The Morgan fingerprint density at radius 2 is 1.09 bits per heavy atom. The second kappa shape index (κ2) is 17.5. The lowest BCUT2D eigenvalue weighted by molar-refractivity contribution is -0.384. The van der Waals surface area contributed by atoms with Crippen molar-refractivity contribution in [3.8, 4) is 0 Å². The monoisotopic (exact) mass is 832 g/mol. The Bertz CT molecular complexity index is 2120. The first-order chi connectivity index (χ1) is 27.8. The van der Waals surface area contributed by atoms with Crippen LogP contribution in [0.2, 0.25) is 10.0 Å². The van der Waals surface area contributed by atoms with Crippen molar-refractivity contribution >= 4 is 57.8 Å². The van der Waals surface area contributed by atoms with Crippen molar-refractivity contribution in [2.75, 3.05) is 16.4 Å². The molecule has 0 aromatic heterocycles. The molecule has 0 spiro atoms. The minimum atomic E-state index is -0.500. The first kappa shape index (κ1) is 41.2. The molecule has 0 heterocycles. The Balaban J connectivity index is 0.000000177. The maximum Gasteiger partial charge on any atom is 0.292 e. The number of nitro benzene ring substituents is 1. The molecule has 10 nitrogen and oxygen atoms in total. The molecule has 4 aromatic carbocycles. The lowest BCUT2D eigenvalue weighted by Crippen LogP contribution is -2.38. The molecule has 4 aliphatic carbocycles. The molecule has 4 saturated carbocycles. The van der Waals surface area contributed by atoms with E-state index in [9.17, 15) is 28.5 Å². The van der Waals surface area contributed by atoms with Crippen molar-refractivity contribution in [1.82, 2.24) is 10.6 Å². The zero-order chi connectivity index (χ0) is 41.2. The summed E-state index contributed by atoms with van der Waals surface area (Å²) in [6.07, 6.45) is 5.51. The molecule has 10 atom stereocenters. The van der Waals surface area contributed by atoms with Crippen LogP contribution in [-0.2, 0) is 0 Å². The number of nitro groups is 1. The van der Waals surface area contributed by atoms with Gasteiger partial charge in [-0.25, -0.2) is 8.78 Å². The number of hydrogen-bond acceptors (Lipinski definition) is 7. The first-order valence-corrected chi connectivity index (χ1v) is 20.7. The number of nitrogen functional groups attached to an aromatic ring is 1. The smallest absolute Gasteiger partial charge is 0.292 e. The summed E-state index contributed by atoms with van der Waals surface area (Å²) in [6, 6.07) is 22.3. The number of carbonyl (C=O) groups excluding carboxylic acids is 2. The molecule has 0 bridgehead atoms. The standard InChI is InChI=1S/C22H23ClFN3O3.C22H25ClFN3O/c1-2-18(26-22(28)12-3-5-13(23)6-4-12)21-16-10-15(11-17(16)21)25-19-9-14(24)7-8-20(19)27(29)30;1-2-19(27-22(28)12-3-5-13(23)6-4-12)21-16-10-15(11-17(16)21)26-20-9-14(24)7-8-18(20)25/h3-9,15-18,21,25H,2,10-11H2,1H3,(H,26,28);3-9,15-17,19,21,26H,2,10-11,25H2,1H3,(H,27,28)/t15?,16-,17+,18?,21?;15?,16-,17+,19?,21?. The van der Waals surface area contributed by atoms with Crippen molar-refractivity contribution in [2.45, 2.75) is 76.5 Å². The molecule has 306 valence electrons. The molecular formula is C44H48Cl2F2N6O4. The van der Waals surface area contributed by atoms with Crippen LogP contribution in [0.5, 0.6) is 0 Å². The zero-order valence-corrected chi connectivity index (χ0v) is 33.8. The molecule has 0 radical (unpaired) electrons. The van der Waals surface area contributed by atoms with Gasteiger partial charge in [0, 0.05) is 57.5 Å². The Morgan fingerprint density at radius 3 is 1.50 bits per heavy atom. The van der Waals surface area contributed by atoms with E-state index in [2.05, 4.69) is 35.1 Å². The van der Waals surface area contributed by atoms with Crippen molar-refractivity contribution in [1.29, 1.82) is 0 Å². The number of carbonyl (C=O) groups is 2. The van der Waals surface area contributed by atoms with E-state index >= 15 is 0 Å². The van der Waals surface area contributed by atoms with E-state index in [0.29, 0.717) is 74.1 Å². The molecule has 14 heteroatoms. The normalized spacial score (nSPS) is 25.8. The van der Waals surface area contributed by atoms with Crippen molar-refractivity contribution in [3.05, 3.63) is 128 Å². The zero-order valence-electron chi connectivity index (χ0n) is 32.3. The lowest BCUT2D eigenvalue weighted by Gasteiger charge is -2.23. The Hall–Kier alpha value is -4.94. The van der Waals surface area contributed by atoms with Crippen LogP contribution >= 0.6 is 23.2 Å². The fourth-order valence-electron chi connectivity index (χ4n) is 9.74. The molecular weight excluding hydrogens is 785 g/mol. The Morgan fingerprint density at radius 1 is 0.690 bits per heavy atom.